The van der Waals surface area contributed by atoms with Crippen LogP contribution in [0, 0.1) is 13.8 Å². The minimum Gasteiger partial charge on any atom is -0.366 e. The first-order chi connectivity index (χ1) is 11.5. The lowest BCUT2D eigenvalue weighted by molar-refractivity contribution is 0.328. The molecule has 0 saturated carbocycles. The first kappa shape index (κ1) is 16.7. The summed E-state index contributed by atoms with van der Waals surface area (Å²) in [5, 5.41) is 3.56. The van der Waals surface area contributed by atoms with E-state index in [1.165, 1.54) is 16.7 Å². The number of aryl methyl sites for hydroxylation is 2. The molecule has 0 amide bonds. The first-order valence-corrected chi connectivity index (χ1v) is 8.55. The van der Waals surface area contributed by atoms with Crippen molar-refractivity contribution in [1.29, 1.82) is 0 Å². The summed E-state index contributed by atoms with van der Waals surface area (Å²) in [7, 11) is 3.99. The molecule has 0 aliphatic carbocycles. The number of hydrogen-bond acceptors (Lipinski definition) is 5. The van der Waals surface area contributed by atoms with Crippen LogP contribution < -0.4 is 10.2 Å². The van der Waals surface area contributed by atoms with Gasteiger partial charge in [0.25, 0.3) is 0 Å². The molecule has 1 saturated heterocycles. The smallest absolute Gasteiger partial charge is 0.133 e. The van der Waals surface area contributed by atoms with Gasteiger partial charge in [0.1, 0.15) is 18.0 Å². The second-order valence-electron chi connectivity index (χ2n) is 6.95. The Balaban J connectivity index is 1.59. The van der Waals surface area contributed by atoms with Crippen LogP contribution in [0.15, 0.2) is 30.6 Å². The van der Waals surface area contributed by atoms with Crippen LogP contribution in [0.3, 0.4) is 0 Å². The molecule has 0 spiro atoms. The SMILES string of the molecule is Cc1ccc(C)c(CN2CCC(Nc3cc(N(C)C)ncn3)C2)c1. The third kappa shape index (κ3) is 4.03. The van der Waals surface area contributed by atoms with Gasteiger partial charge in [-0.15, -0.1) is 0 Å². The first-order valence-electron chi connectivity index (χ1n) is 8.55. The highest BCUT2D eigenvalue weighted by Crippen LogP contribution is 2.20. The molecule has 1 unspecified atom stereocenters. The lowest BCUT2D eigenvalue weighted by Gasteiger charge is -2.19. The van der Waals surface area contributed by atoms with E-state index in [1.807, 2.05) is 25.1 Å². The maximum absolute atomic E-state index is 4.35. The molecule has 1 aliphatic rings. The van der Waals surface area contributed by atoms with Crippen molar-refractivity contribution in [2.75, 3.05) is 37.4 Å². The van der Waals surface area contributed by atoms with E-state index in [0.717, 1.165) is 37.7 Å². The van der Waals surface area contributed by atoms with Gasteiger partial charge >= 0.3 is 0 Å². The van der Waals surface area contributed by atoms with Gasteiger partial charge in [0, 0.05) is 45.8 Å². The fourth-order valence-electron chi connectivity index (χ4n) is 3.19. The van der Waals surface area contributed by atoms with E-state index in [2.05, 4.69) is 52.2 Å². The molecule has 1 aromatic heterocycles. The molecular formula is C19H27N5. The third-order valence-corrected chi connectivity index (χ3v) is 4.63. The van der Waals surface area contributed by atoms with Crippen LogP contribution in [0.1, 0.15) is 23.1 Å². The minimum atomic E-state index is 0.444. The highest BCUT2D eigenvalue weighted by atomic mass is 15.2. The summed E-state index contributed by atoms with van der Waals surface area (Å²) in [5.41, 5.74) is 4.15. The van der Waals surface area contributed by atoms with Gasteiger partial charge in [0.15, 0.2) is 0 Å². The van der Waals surface area contributed by atoms with Crippen LogP contribution >= 0.6 is 0 Å². The molecule has 0 bridgehead atoms. The number of aromatic nitrogens is 2. The van der Waals surface area contributed by atoms with E-state index >= 15 is 0 Å². The molecule has 2 aromatic rings. The van der Waals surface area contributed by atoms with Crippen LogP contribution in [-0.2, 0) is 6.54 Å². The zero-order chi connectivity index (χ0) is 17.1. The highest BCUT2D eigenvalue weighted by molar-refractivity contribution is 5.48. The van der Waals surface area contributed by atoms with Crippen LogP contribution in [0.25, 0.3) is 0 Å². The molecule has 1 fully saturated rings. The van der Waals surface area contributed by atoms with Crippen molar-refractivity contribution in [3.63, 3.8) is 0 Å². The van der Waals surface area contributed by atoms with Crippen molar-refractivity contribution in [2.45, 2.75) is 32.9 Å². The van der Waals surface area contributed by atoms with E-state index < -0.39 is 0 Å². The summed E-state index contributed by atoms with van der Waals surface area (Å²) in [4.78, 5) is 13.1. The second kappa shape index (κ2) is 7.18. The summed E-state index contributed by atoms with van der Waals surface area (Å²) in [6, 6.07) is 9.17. The van der Waals surface area contributed by atoms with Crippen molar-refractivity contribution in [1.82, 2.24) is 14.9 Å². The average Bonchev–Trinajstić information content (AvgIpc) is 2.98. The minimum absolute atomic E-state index is 0.444. The molecule has 1 N–H and O–H groups in total. The Kier molecular flexibility index (Phi) is 5.00. The maximum Gasteiger partial charge on any atom is 0.133 e. The van der Waals surface area contributed by atoms with Gasteiger partial charge in [-0.2, -0.15) is 0 Å². The van der Waals surface area contributed by atoms with Crippen LogP contribution in [0.2, 0.25) is 0 Å². The highest BCUT2D eigenvalue weighted by Gasteiger charge is 2.23. The quantitative estimate of drug-likeness (QED) is 0.916. The second-order valence-corrected chi connectivity index (χ2v) is 6.95. The molecular weight excluding hydrogens is 298 g/mol. The lowest BCUT2D eigenvalue weighted by Crippen LogP contribution is -2.26. The van der Waals surface area contributed by atoms with Crippen LogP contribution in [0.4, 0.5) is 11.6 Å². The van der Waals surface area contributed by atoms with E-state index in [4.69, 9.17) is 0 Å². The van der Waals surface area contributed by atoms with Crippen molar-refractivity contribution in [3.8, 4) is 0 Å². The Morgan fingerprint density at radius 1 is 1.21 bits per heavy atom. The molecule has 5 nitrogen and oxygen atoms in total. The molecule has 1 aliphatic heterocycles. The van der Waals surface area contributed by atoms with Crippen molar-refractivity contribution < 1.29 is 0 Å². The average molecular weight is 325 g/mol. The summed E-state index contributed by atoms with van der Waals surface area (Å²) in [5.74, 6) is 1.84. The Morgan fingerprint density at radius 2 is 2.04 bits per heavy atom. The van der Waals surface area contributed by atoms with Gasteiger partial charge in [-0.25, -0.2) is 9.97 Å². The van der Waals surface area contributed by atoms with Gasteiger partial charge in [-0.3, -0.25) is 4.90 Å². The Morgan fingerprint density at radius 3 is 2.83 bits per heavy atom. The summed E-state index contributed by atoms with van der Waals surface area (Å²) < 4.78 is 0. The zero-order valence-electron chi connectivity index (χ0n) is 15.1. The molecule has 1 atom stereocenters. The van der Waals surface area contributed by atoms with E-state index in [0.29, 0.717) is 6.04 Å². The number of hydrogen-bond donors (Lipinski definition) is 1. The van der Waals surface area contributed by atoms with Gasteiger partial charge < -0.3 is 10.2 Å². The van der Waals surface area contributed by atoms with Gasteiger partial charge in [0.05, 0.1) is 0 Å². The lowest BCUT2D eigenvalue weighted by atomic mass is 10.1. The molecule has 128 valence electrons. The number of benzene rings is 1. The van der Waals surface area contributed by atoms with Crippen LogP contribution in [-0.4, -0.2) is 48.1 Å². The van der Waals surface area contributed by atoms with E-state index in [-0.39, 0.29) is 0 Å². The third-order valence-electron chi connectivity index (χ3n) is 4.63. The Labute approximate surface area is 144 Å². The normalized spacial score (nSPS) is 17.9. The van der Waals surface area contributed by atoms with Crippen molar-refractivity contribution in [2.24, 2.45) is 0 Å². The molecule has 24 heavy (non-hydrogen) atoms. The summed E-state index contributed by atoms with van der Waals surface area (Å²) >= 11 is 0. The monoisotopic (exact) mass is 325 g/mol. The van der Waals surface area contributed by atoms with E-state index in [9.17, 15) is 0 Å². The fourth-order valence-corrected chi connectivity index (χ4v) is 3.19. The number of nitrogens with zero attached hydrogens (tertiary/aromatic N) is 4. The van der Waals surface area contributed by atoms with Gasteiger partial charge in [0.2, 0.25) is 0 Å². The number of nitrogens with one attached hydrogen (secondary N) is 1. The topological polar surface area (TPSA) is 44.3 Å². The molecule has 0 radical (unpaired) electrons. The van der Waals surface area contributed by atoms with Crippen LogP contribution in [0.5, 0.6) is 0 Å². The zero-order valence-corrected chi connectivity index (χ0v) is 15.1. The molecule has 5 heteroatoms. The Hall–Kier alpha value is -2.14. The largest absolute Gasteiger partial charge is 0.366 e. The predicted octanol–water partition coefficient (Wildman–Crippen LogP) is 2.85. The van der Waals surface area contributed by atoms with Gasteiger partial charge in [-0.1, -0.05) is 23.8 Å². The maximum atomic E-state index is 4.35. The molecule has 2 heterocycles. The fraction of sp³-hybridized carbons (Fsp3) is 0.474. The number of rotatable bonds is 5. The molecule has 3 rings (SSSR count). The number of likely N-dealkylation sites (tertiary alicyclic amines) is 1. The van der Waals surface area contributed by atoms with E-state index in [1.54, 1.807) is 6.33 Å². The van der Waals surface area contributed by atoms with Crippen molar-refractivity contribution >= 4 is 11.6 Å². The van der Waals surface area contributed by atoms with Crippen molar-refractivity contribution in [3.05, 3.63) is 47.3 Å². The Bertz CT molecular complexity index is 698. The van der Waals surface area contributed by atoms with Gasteiger partial charge in [-0.05, 0) is 31.4 Å². The number of anilines is 2. The summed E-state index contributed by atoms with van der Waals surface area (Å²) in [6.07, 6.45) is 2.77. The summed E-state index contributed by atoms with van der Waals surface area (Å²) in [6.45, 7) is 7.56. The standard InChI is InChI=1S/C19H27N5/c1-14-5-6-15(2)16(9-14)11-24-8-7-17(12-24)22-18-10-19(23(3)4)21-13-20-18/h5-6,9-10,13,17H,7-8,11-12H2,1-4H3,(H,20,21,22). The molecule has 1 aromatic carbocycles. The predicted molar refractivity (Wildman–Crippen MR) is 99.6 cm³/mol.